The number of nitrogens with zero attached hydrogens (tertiary/aromatic N) is 2. The molecule has 130 valence electrons. The van der Waals surface area contributed by atoms with Gasteiger partial charge in [-0.15, -0.1) is 0 Å². The van der Waals surface area contributed by atoms with Gasteiger partial charge in [0.2, 0.25) is 0 Å². The van der Waals surface area contributed by atoms with Gasteiger partial charge in [0.05, 0.1) is 6.61 Å². The zero-order valence-corrected chi connectivity index (χ0v) is 14.8. The Balaban J connectivity index is 2.31. The lowest BCUT2D eigenvalue weighted by Gasteiger charge is -2.40. The molecule has 1 saturated heterocycles. The Kier molecular flexibility index (Phi) is 6.05. The van der Waals surface area contributed by atoms with Gasteiger partial charge in [-0.25, -0.2) is 4.98 Å². The average Bonchev–Trinajstić information content (AvgIpc) is 2.55. The second kappa shape index (κ2) is 7.47. The second-order valence-electron chi connectivity index (χ2n) is 5.02. The predicted octanol–water partition coefficient (Wildman–Crippen LogP) is -1.52. The third kappa shape index (κ3) is 3.55. The van der Waals surface area contributed by atoms with Crippen LogP contribution in [-0.4, -0.2) is 73.5 Å². The Morgan fingerprint density at radius 3 is 2.57 bits per heavy atom. The molecule has 0 amide bonds. The number of aliphatic hydroxyl groups is 4. The summed E-state index contributed by atoms with van der Waals surface area (Å²) in [5.74, 6) is 0.127. The van der Waals surface area contributed by atoms with Crippen LogP contribution in [0, 0.1) is 0 Å². The summed E-state index contributed by atoms with van der Waals surface area (Å²) in [6, 6.07) is 0. The molecule has 1 aromatic heterocycles. The summed E-state index contributed by atoms with van der Waals surface area (Å²) in [7, 11) is 1.57. The van der Waals surface area contributed by atoms with Crippen LogP contribution in [0.15, 0.2) is 14.4 Å². The van der Waals surface area contributed by atoms with Gasteiger partial charge in [-0.05, 0) is 22.2 Å². The van der Waals surface area contributed by atoms with E-state index in [1.54, 1.807) is 13.3 Å². The van der Waals surface area contributed by atoms with Gasteiger partial charge in [-0.1, -0.05) is 11.8 Å². The molecule has 0 unspecified atom stereocenters. The van der Waals surface area contributed by atoms with Crippen LogP contribution in [0.3, 0.4) is 0 Å². The molecular formula is C12H18BrN3O6S. The van der Waals surface area contributed by atoms with Crippen molar-refractivity contribution in [2.45, 2.75) is 35.8 Å². The number of hydrogen-bond donors (Lipinski definition) is 5. The minimum absolute atomic E-state index is 0.127. The molecule has 0 aromatic carbocycles. The number of nitrogens with one attached hydrogen (secondary N) is 1. The Morgan fingerprint density at radius 2 is 2.00 bits per heavy atom. The number of halogens is 1. The first-order chi connectivity index (χ1) is 10.8. The molecule has 0 aliphatic carbocycles. The molecule has 0 spiro atoms. The van der Waals surface area contributed by atoms with Gasteiger partial charge in [0.15, 0.2) is 17.2 Å². The number of anilines is 1. The Labute approximate surface area is 144 Å². The second-order valence-corrected chi connectivity index (χ2v) is 6.59. The first kappa shape index (κ1) is 18.6. The van der Waals surface area contributed by atoms with Crippen LogP contribution in [0.1, 0.15) is 0 Å². The van der Waals surface area contributed by atoms with Crippen LogP contribution in [0.4, 0.5) is 5.82 Å². The summed E-state index contributed by atoms with van der Waals surface area (Å²) in [6.45, 7) is -0.537. The lowest BCUT2D eigenvalue weighted by molar-refractivity contribution is -0.221. The van der Waals surface area contributed by atoms with E-state index >= 15 is 0 Å². The molecule has 2 heterocycles. The molecule has 1 aliphatic rings. The molecule has 0 saturated carbocycles. The van der Waals surface area contributed by atoms with Gasteiger partial charge >= 0.3 is 0 Å². The molecule has 5 N–H and O–H groups in total. The largest absolute Gasteiger partial charge is 0.394 e. The summed E-state index contributed by atoms with van der Waals surface area (Å²) >= 11 is 4.39. The van der Waals surface area contributed by atoms with Crippen LogP contribution in [0.25, 0.3) is 0 Å². The number of thioether (sulfide) groups is 1. The van der Waals surface area contributed by atoms with Crippen LogP contribution in [0.2, 0.25) is 0 Å². The van der Waals surface area contributed by atoms with E-state index in [1.165, 1.54) is 16.3 Å². The molecule has 0 radical (unpaired) electrons. The fraction of sp³-hybridized carbons (Fsp3) is 0.667. The van der Waals surface area contributed by atoms with Gasteiger partial charge in [0, 0.05) is 7.05 Å². The zero-order chi connectivity index (χ0) is 17.3. The monoisotopic (exact) mass is 411 g/mol. The Morgan fingerprint density at radius 1 is 1.35 bits per heavy atom. The van der Waals surface area contributed by atoms with Gasteiger partial charge in [-0.3, -0.25) is 9.36 Å². The normalized spacial score (nSPS) is 31.2. The highest BCUT2D eigenvalue weighted by atomic mass is 79.9. The van der Waals surface area contributed by atoms with Gasteiger partial charge < -0.3 is 30.5 Å². The molecule has 23 heavy (non-hydrogen) atoms. The third-order valence-electron chi connectivity index (χ3n) is 3.55. The molecule has 11 heteroatoms. The minimum Gasteiger partial charge on any atom is -0.394 e. The van der Waals surface area contributed by atoms with Crippen molar-refractivity contribution in [3.8, 4) is 0 Å². The molecule has 5 atom stereocenters. The van der Waals surface area contributed by atoms with Crippen molar-refractivity contribution in [3.05, 3.63) is 14.8 Å². The minimum atomic E-state index is -1.51. The van der Waals surface area contributed by atoms with Crippen LogP contribution >= 0.6 is 27.7 Å². The van der Waals surface area contributed by atoms with E-state index in [0.29, 0.717) is 5.16 Å². The zero-order valence-electron chi connectivity index (χ0n) is 12.4. The fourth-order valence-corrected chi connectivity index (χ4v) is 3.20. The first-order valence-corrected chi connectivity index (χ1v) is 8.71. The maximum atomic E-state index is 12.1. The third-order valence-corrected chi connectivity index (χ3v) is 4.99. The summed E-state index contributed by atoms with van der Waals surface area (Å²) in [5, 5.41) is 41.9. The number of aromatic nitrogens is 2. The fourth-order valence-electron chi connectivity index (χ4n) is 2.19. The quantitative estimate of drug-likeness (QED) is 0.295. The van der Waals surface area contributed by atoms with E-state index in [0.717, 1.165) is 0 Å². The van der Waals surface area contributed by atoms with E-state index in [2.05, 4.69) is 26.2 Å². The lowest BCUT2D eigenvalue weighted by atomic mass is 9.98. The molecule has 2 rings (SSSR count). The average molecular weight is 412 g/mol. The summed E-state index contributed by atoms with van der Waals surface area (Å²) in [4.78, 5) is 16.4. The number of aliphatic hydroxyl groups excluding tert-OH is 4. The SMILES string of the molecule is CSc1nc(N[C@@H]2O[C@@H](CO)[C@@H](O)[C@@H](O)[C@@H]2O)c(Br)c(=O)n1C. The van der Waals surface area contributed by atoms with Crippen molar-refractivity contribution < 1.29 is 25.2 Å². The van der Waals surface area contributed by atoms with Crippen molar-refractivity contribution in [3.63, 3.8) is 0 Å². The number of rotatable bonds is 4. The number of ether oxygens (including phenoxy) is 1. The van der Waals surface area contributed by atoms with E-state index in [9.17, 15) is 25.2 Å². The van der Waals surface area contributed by atoms with Gasteiger partial charge in [0.1, 0.15) is 28.9 Å². The van der Waals surface area contributed by atoms with Crippen LogP contribution < -0.4 is 10.9 Å². The Bertz CT molecular complexity index is 628. The highest BCUT2D eigenvalue weighted by Crippen LogP contribution is 2.25. The van der Waals surface area contributed by atoms with Gasteiger partial charge in [0.25, 0.3) is 5.56 Å². The van der Waals surface area contributed by atoms with Crippen molar-refractivity contribution in [1.29, 1.82) is 0 Å². The van der Waals surface area contributed by atoms with E-state index < -0.39 is 37.3 Å². The van der Waals surface area contributed by atoms with Gasteiger partial charge in [-0.2, -0.15) is 0 Å². The predicted molar refractivity (Wildman–Crippen MR) is 86.3 cm³/mol. The molecule has 0 bridgehead atoms. The van der Waals surface area contributed by atoms with Crippen molar-refractivity contribution in [2.24, 2.45) is 7.05 Å². The Hall–Kier alpha value is -0.690. The molecule has 1 fully saturated rings. The summed E-state index contributed by atoms with van der Waals surface area (Å²) in [5.41, 5.74) is -0.337. The highest BCUT2D eigenvalue weighted by Gasteiger charge is 2.43. The van der Waals surface area contributed by atoms with Crippen molar-refractivity contribution >= 4 is 33.5 Å². The van der Waals surface area contributed by atoms with Crippen LogP contribution in [0.5, 0.6) is 0 Å². The highest BCUT2D eigenvalue weighted by molar-refractivity contribution is 9.10. The maximum absolute atomic E-state index is 12.1. The van der Waals surface area contributed by atoms with E-state index in [-0.39, 0.29) is 15.8 Å². The van der Waals surface area contributed by atoms with E-state index in [1.807, 2.05) is 0 Å². The number of hydrogen-bond acceptors (Lipinski definition) is 9. The van der Waals surface area contributed by atoms with Crippen LogP contribution in [-0.2, 0) is 11.8 Å². The molecule has 1 aromatic rings. The summed E-state index contributed by atoms with van der Waals surface area (Å²) in [6.07, 6.45) is -4.87. The van der Waals surface area contributed by atoms with E-state index in [4.69, 9.17) is 4.74 Å². The molecule has 9 nitrogen and oxygen atoms in total. The standard InChI is InChI=1S/C12H18BrN3O6S/c1-16-11(21)5(13)9(15-12(16)23-2)14-10-8(20)7(19)6(18)4(3-17)22-10/h4,6-8,10,14,17-20H,3H2,1-2H3/t4-,6+,7+,8-,10+/m0/s1. The van der Waals surface area contributed by atoms with Crippen molar-refractivity contribution in [1.82, 2.24) is 9.55 Å². The lowest BCUT2D eigenvalue weighted by Crippen LogP contribution is -2.60. The summed E-state index contributed by atoms with van der Waals surface area (Å²) < 4.78 is 6.82. The maximum Gasteiger partial charge on any atom is 0.270 e. The molecular weight excluding hydrogens is 394 g/mol. The van der Waals surface area contributed by atoms with Crippen molar-refractivity contribution in [2.75, 3.05) is 18.2 Å². The molecule has 1 aliphatic heterocycles. The smallest absolute Gasteiger partial charge is 0.270 e. The first-order valence-electron chi connectivity index (χ1n) is 6.69. The topological polar surface area (TPSA) is 137 Å².